The molecule has 0 aliphatic rings. The highest BCUT2D eigenvalue weighted by molar-refractivity contribution is 7.79. The van der Waals surface area contributed by atoms with Crippen molar-refractivity contribution in [1.82, 2.24) is 0 Å². The molecule has 0 bridgehead atoms. The third kappa shape index (κ3) is 2.64. The Kier molecular flexibility index (Phi) is 3.76. The molecular weight excluding hydrogens is 167 g/mol. The summed E-state index contributed by atoms with van der Waals surface area (Å²) < 4.78 is 16.2. The van der Waals surface area contributed by atoms with Crippen molar-refractivity contribution in [2.24, 2.45) is 0 Å². The smallest absolute Gasteiger partial charge is 0.363 e. The first-order chi connectivity index (χ1) is 4.92. The van der Waals surface area contributed by atoms with Gasteiger partial charge in [0.25, 0.3) is 0 Å². The van der Waals surface area contributed by atoms with Crippen molar-refractivity contribution in [3.8, 4) is 0 Å². The fourth-order valence-electron chi connectivity index (χ4n) is 0.539. The SMILES string of the molecule is CCOC(C)P(C)(=O)C(=O)O. The van der Waals surface area contributed by atoms with Crippen LogP contribution in [-0.2, 0) is 9.30 Å². The van der Waals surface area contributed by atoms with Crippen LogP contribution >= 0.6 is 7.14 Å². The van der Waals surface area contributed by atoms with Crippen LogP contribution in [-0.4, -0.2) is 29.9 Å². The monoisotopic (exact) mass is 180 g/mol. The average Bonchev–Trinajstić information content (AvgIpc) is 1.88. The minimum absolute atomic E-state index is 0.381. The van der Waals surface area contributed by atoms with Gasteiger partial charge in [0.1, 0.15) is 5.85 Å². The molecular formula is C6H13O4P. The van der Waals surface area contributed by atoms with Gasteiger partial charge in [0.2, 0.25) is 7.14 Å². The molecule has 5 heteroatoms. The normalized spacial score (nSPS) is 18.8. The van der Waals surface area contributed by atoms with Crippen molar-refractivity contribution >= 4 is 12.9 Å². The van der Waals surface area contributed by atoms with Gasteiger partial charge in [0.15, 0.2) is 0 Å². The van der Waals surface area contributed by atoms with Crippen molar-refractivity contribution in [3.05, 3.63) is 0 Å². The topological polar surface area (TPSA) is 63.6 Å². The van der Waals surface area contributed by atoms with E-state index >= 15 is 0 Å². The fraction of sp³-hybridized carbons (Fsp3) is 0.833. The second-order valence-electron chi connectivity index (χ2n) is 2.33. The van der Waals surface area contributed by atoms with E-state index in [9.17, 15) is 9.36 Å². The van der Waals surface area contributed by atoms with Gasteiger partial charge < -0.3 is 14.4 Å². The van der Waals surface area contributed by atoms with E-state index < -0.39 is 18.7 Å². The zero-order chi connectivity index (χ0) is 9.07. The number of hydrogen-bond donors (Lipinski definition) is 1. The second-order valence-corrected chi connectivity index (χ2v) is 5.42. The van der Waals surface area contributed by atoms with E-state index in [4.69, 9.17) is 9.84 Å². The van der Waals surface area contributed by atoms with Crippen LogP contribution in [0.4, 0.5) is 4.79 Å². The molecule has 0 saturated heterocycles. The summed E-state index contributed by atoms with van der Waals surface area (Å²) in [6, 6.07) is 0. The molecule has 0 aromatic rings. The third-order valence-electron chi connectivity index (χ3n) is 1.48. The van der Waals surface area contributed by atoms with E-state index in [2.05, 4.69) is 0 Å². The fourth-order valence-corrected chi connectivity index (χ4v) is 1.28. The van der Waals surface area contributed by atoms with Crippen LogP contribution in [0.2, 0.25) is 0 Å². The lowest BCUT2D eigenvalue weighted by Gasteiger charge is -2.15. The summed E-state index contributed by atoms with van der Waals surface area (Å²) in [5, 5.41) is 8.50. The molecule has 4 nitrogen and oxygen atoms in total. The molecule has 0 amide bonds. The van der Waals surface area contributed by atoms with Crippen LogP contribution in [0.5, 0.6) is 0 Å². The molecule has 0 aliphatic heterocycles. The Hall–Kier alpha value is -0.340. The summed E-state index contributed by atoms with van der Waals surface area (Å²) in [6.07, 6.45) is 0. The van der Waals surface area contributed by atoms with Crippen molar-refractivity contribution in [2.45, 2.75) is 19.7 Å². The molecule has 0 saturated carbocycles. The Morgan fingerprint density at radius 3 is 2.45 bits per heavy atom. The molecule has 66 valence electrons. The molecule has 0 heterocycles. The van der Waals surface area contributed by atoms with Crippen molar-refractivity contribution in [2.75, 3.05) is 13.3 Å². The average molecular weight is 180 g/mol. The van der Waals surface area contributed by atoms with Gasteiger partial charge in [-0.2, -0.15) is 0 Å². The predicted octanol–water partition coefficient (Wildman–Crippen LogP) is 2.04. The maximum atomic E-state index is 11.3. The first-order valence-corrected chi connectivity index (χ1v) is 5.57. The molecule has 0 aromatic heterocycles. The number of ether oxygens (including phenoxy) is 1. The minimum Gasteiger partial charge on any atom is -0.476 e. The van der Waals surface area contributed by atoms with Gasteiger partial charge in [-0.25, -0.2) is 4.79 Å². The van der Waals surface area contributed by atoms with Gasteiger partial charge in [0.05, 0.1) is 0 Å². The summed E-state index contributed by atoms with van der Waals surface area (Å²) in [7, 11) is -3.18. The molecule has 0 aliphatic carbocycles. The minimum atomic E-state index is -3.18. The summed E-state index contributed by atoms with van der Waals surface area (Å²) >= 11 is 0. The Bertz CT molecular complexity index is 189. The van der Waals surface area contributed by atoms with Gasteiger partial charge in [-0.1, -0.05) is 0 Å². The molecule has 11 heavy (non-hydrogen) atoms. The van der Waals surface area contributed by atoms with Crippen LogP contribution < -0.4 is 0 Å². The van der Waals surface area contributed by atoms with Crippen LogP contribution in [0.25, 0.3) is 0 Å². The van der Waals surface area contributed by atoms with Crippen LogP contribution in [0.15, 0.2) is 0 Å². The van der Waals surface area contributed by atoms with E-state index in [-0.39, 0.29) is 0 Å². The van der Waals surface area contributed by atoms with Crippen molar-refractivity contribution in [3.63, 3.8) is 0 Å². The Morgan fingerprint density at radius 1 is 1.73 bits per heavy atom. The third-order valence-corrected chi connectivity index (χ3v) is 3.78. The second kappa shape index (κ2) is 3.88. The maximum absolute atomic E-state index is 11.3. The lowest BCUT2D eigenvalue weighted by Crippen LogP contribution is -2.13. The first kappa shape index (κ1) is 10.7. The van der Waals surface area contributed by atoms with Crippen LogP contribution in [0, 0.1) is 0 Å². The first-order valence-electron chi connectivity index (χ1n) is 3.35. The zero-order valence-corrected chi connectivity index (χ0v) is 7.80. The highest BCUT2D eigenvalue weighted by atomic mass is 31.2. The van der Waals surface area contributed by atoms with Crippen LogP contribution in [0.3, 0.4) is 0 Å². The quantitative estimate of drug-likeness (QED) is 0.672. The Labute approximate surface area is 65.9 Å². The molecule has 0 rings (SSSR count). The number of rotatable bonds is 4. The van der Waals surface area contributed by atoms with Gasteiger partial charge in [0, 0.05) is 13.3 Å². The lowest BCUT2D eigenvalue weighted by molar-refractivity contribution is 0.127. The standard InChI is InChI=1S/C6H13O4P/c1-4-10-5(2)11(3,9)6(7)8/h5H,4H2,1-3H3,(H,7,8). The Morgan fingerprint density at radius 2 is 2.18 bits per heavy atom. The predicted molar refractivity (Wildman–Crippen MR) is 42.6 cm³/mol. The van der Waals surface area contributed by atoms with Gasteiger partial charge in [-0.15, -0.1) is 0 Å². The van der Waals surface area contributed by atoms with E-state index in [0.29, 0.717) is 6.61 Å². The van der Waals surface area contributed by atoms with Gasteiger partial charge in [-0.3, -0.25) is 0 Å². The summed E-state index contributed by atoms with van der Waals surface area (Å²) in [6.45, 7) is 4.85. The molecule has 2 unspecified atom stereocenters. The summed E-state index contributed by atoms with van der Waals surface area (Å²) in [5.74, 6) is -0.690. The molecule has 0 aromatic carbocycles. The molecule has 0 fully saturated rings. The summed E-state index contributed by atoms with van der Waals surface area (Å²) in [5.41, 5.74) is -1.27. The van der Waals surface area contributed by atoms with Crippen molar-refractivity contribution in [1.29, 1.82) is 0 Å². The highest BCUT2D eigenvalue weighted by Gasteiger charge is 2.32. The van der Waals surface area contributed by atoms with Crippen LogP contribution in [0.1, 0.15) is 13.8 Å². The van der Waals surface area contributed by atoms with E-state index in [1.54, 1.807) is 6.92 Å². The van der Waals surface area contributed by atoms with Gasteiger partial charge in [-0.05, 0) is 13.8 Å². The largest absolute Gasteiger partial charge is 0.476 e. The highest BCUT2D eigenvalue weighted by Crippen LogP contribution is 2.47. The summed E-state index contributed by atoms with van der Waals surface area (Å²) in [4.78, 5) is 10.4. The number of hydrogen-bond acceptors (Lipinski definition) is 3. The number of carbonyl (C=O) groups is 1. The van der Waals surface area contributed by atoms with Crippen molar-refractivity contribution < 1.29 is 19.2 Å². The van der Waals surface area contributed by atoms with E-state index in [0.717, 1.165) is 0 Å². The molecule has 2 atom stereocenters. The lowest BCUT2D eigenvalue weighted by atomic mass is 10.8. The zero-order valence-electron chi connectivity index (χ0n) is 6.90. The molecule has 1 N–H and O–H groups in total. The molecule has 0 spiro atoms. The van der Waals surface area contributed by atoms with Gasteiger partial charge >= 0.3 is 5.71 Å². The Balaban J connectivity index is 4.30. The number of carboxylic acid groups (broad SMARTS) is 1. The maximum Gasteiger partial charge on any atom is 0.363 e. The van der Waals surface area contributed by atoms with E-state index in [1.807, 2.05) is 0 Å². The molecule has 0 radical (unpaired) electrons. The van der Waals surface area contributed by atoms with E-state index in [1.165, 1.54) is 13.6 Å².